The third-order valence-corrected chi connectivity index (χ3v) is 7.25. The quantitative estimate of drug-likeness (QED) is 0.367. The zero-order valence-corrected chi connectivity index (χ0v) is 19.3. The maximum absolute atomic E-state index is 14.5. The fraction of sp³-hybridized carbons (Fsp3) is 0.280. The summed E-state index contributed by atoms with van der Waals surface area (Å²) < 4.78 is 20.3. The van der Waals surface area contributed by atoms with Gasteiger partial charge in [-0.15, -0.1) is 11.8 Å². The molecular weight excluding hydrogens is 437 g/mol. The standard InChI is InChI=1S/C25H24FN5OS/c1-15(19-5-8-27-21-6-9-32-25(19)21)16(2)33-14-31-23-12-22(29-13-30-23)18-10-17-4-3-7-28-24(17)20(26)11-18/h3-5,7-8,10-13,15-16H,6,9,14H2,1-2H3,(H,29,30,31)/t15?,16-/m0/s1. The first-order chi connectivity index (χ1) is 16.1. The number of thioether (sulfide) groups is 1. The molecule has 0 fully saturated rings. The van der Waals surface area contributed by atoms with Crippen LogP contribution in [0.25, 0.3) is 22.2 Å². The highest BCUT2D eigenvalue weighted by Crippen LogP contribution is 2.37. The van der Waals surface area contributed by atoms with Crippen molar-refractivity contribution in [2.45, 2.75) is 31.4 Å². The minimum atomic E-state index is -0.360. The predicted molar refractivity (Wildman–Crippen MR) is 130 cm³/mol. The molecule has 1 unspecified atom stereocenters. The van der Waals surface area contributed by atoms with Crippen molar-refractivity contribution in [2.24, 2.45) is 0 Å². The van der Waals surface area contributed by atoms with Crippen LogP contribution >= 0.6 is 11.8 Å². The molecule has 1 aromatic carbocycles. The second-order valence-electron chi connectivity index (χ2n) is 8.08. The van der Waals surface area contributed by atoms with E-state index < -0.39 is 0 Å². The summed E-state index contributed by atoms with van der Waals surface area (Å²) in [4.78, 5) is 17.2. The lowest BCUT2D eigenvalue weighted by molar-refractivity contribution is 0.351. The Kier molecular flexibility index (Phi) is 6.09. The number of nitrogens with zero attached hydrogens (tertiary/aromatic N) is 4. The molecule has 0 saturated carbocycles. The fourth-order valence-electron chi connectivity index (χ4n) is 4.01. The first-order valence-corrected chi connectivity index (χ1v) is 12.0. The zero-order chi connectivity index (χ0) is 22.8. The normalized spacial score (nSPS) is 14.5. The number of benzene rings is 1. The van der Waals surface area contributed by atoms with Gasteiger partial charge in [0, 0.05) is 46.6 Å². The van der Waals surface area contributed by atoms with Crippen molar-refractivity contribution >= 4 is 28.5 Å². The molecule has 8 heteroatoms. The van der Waals surface area contributed by atoms with Crippen LogP contribution in [0.1, 0.15) is 31.0 Å². The Hall–Kier alpha value is -3.26. The van der Waals surface area contributed by atoms with E-state index in [4.69, 9.17) is 4.74 Å². The van der Waals surface area contributed by atoms with Gasteiger partial charge in [-0.1, -0.05) is 19.9 Å². The number of fused-ring (bicyclic) bond motifs is 2. The Labute approximate surface area is 196 Å². The van der Waals surface area contributed by atoms with Crippen molar-refractivity contribution < 1.29 is 9.13 Å². The first-order valence-electron chi connectivity index (χ1n) is 10.9. The molecule has 6 nitrogen and oxygen atoms in total. The molecule has 0 radical (unpaired) electrons. The number of halogens is 1. The molecule has 4 heterocycles. The van der Waals surface area contributed by atoms with Crippen LogP contribution in [0.3, 0.4) is 0 Å². The SMILES string of the molecule is CC(c1ccnc2c1OCC2)[C@H](C)SCNc1cc(-c2cc(F)c3ncccc3c2)ncn1. The number of rotatable bonds is 7. The van der Waals surface area contributed by atoms with Gasteiger partial charge in [0.15, 0.2) is 0 Å². The van der Waals surface area contributed by atoms with E-state index >= 15 is 0 Å². The van der Waals surface area contributed by atoms with Crippen LogP contribution in [0.2, 0.25) is 0 Å². The molecule has 2 atom stereocenters. The molecule has 1 N–H and O–H groups in total. The molecule has 0 amide bonds. The average Bonchev–Trinajstić information content (AvgIpc) is 3.33. The minimum Gasteiger partial charge on any atom is -0.491 e. The molecule has 168 valence electrons. The summed E-state index contributed by atoms with van der Waals surface area (Å²) in [5, 5.41) is 4.46. The number of anilines is 1. The highest BCUT2D eigenvalue weighted by Gasteiger charge is 2.24. The molecule has 5 rings (SSSR count). The van der Waals surface area contributed by atoms with Crippen LogP contribution in [0.15, 0.2) is 55.1 Å². The van der Waals surface area contributed by atoms with E-state index in [1.54, 1.807) is 12.3 Å². The van der Waals surface area contributed by atoms with Gasteiger partial charge in [0.2, 0.25) is 0 Å². The van der Waals surface area contributed by atoms with Gasteiger partial charge in [0.25, 0.3) is 0 Å². The smallest absolute Gasteiger partial charge is 0.150 e. The highest BCUT2D eigenvalue weighted by molar-refractivity contribution is 8.00. The van der Waals surface area contributed by atoms with Crippen LogP contribution in [0.4, 0.5) is 10.2 Å². The van der Waals surface area contributed by atoms with E-state index in [0.717, 1.165) is 23.3 Å². The predicted octanol–water partition coefficient (Wildman–Crippen LogP) is 5.46. The van der Waals surface area contributed by atoms with Crippen molar-refractivity contribution in [3.05, 3.63) is 72.2 Å². The molecule has 0 aliphatic carbocycles. The highest BCUT2D eigenvalue weighted by atomic mass is 32.2. The van der Waals surface area contributed by atoms with Crippen LogP contribution in [0, 0.1) is 5.82 Å². The first kappa shape index (κ1) is 21.6. The number of nitrogens with one attached hydrogen (secondary N) is 1. The van der Waals surface area contributed by atoms with Crippen molar-refractivity contribution in [1.29, 1.82) is 0 Å². The average molecular weight is 462 g/mol. The second-order valence-corrected chi connectivity index (χ2v) is 9.44. The molecule has 33 heavy (non-hydrogen) atoms. The minimum absolute atomic E-state index is 0.321. The van der Waals surface area contributed by atoms with Gasteiger partial charge in [-0.3, -0.25) is 9.97 Å². The Balaban J connectivity index is 1.25. The van der Waals surface area contributed by atoms with Crippen LogP contribution in [-0.2, 0) is 6.42 Å². The largest absolute Gasteiger partial charge is 0.491 e. The number of aromatic nitrogens is 4. The molecule has 0 bridgehead atoms. The monoisotopic (exact) mass is 461 g/mol. The topological polar surface area (TPSA) is 72.8 Å². The van der Waals surface area contributed by atoms with E-state index in [-0.39, 0.29) is 5.82 Å². The lowest BCUT2D eigenvalue weighted by atomic mass is 9.97. The van der Waals surface area contributed by atoms with Crippen LogP contribution in [-0.4, -0.2) is 37.7 Å². The van der Waals surface area contributed by atoms with Gasteiger partial charge in [-0.05, 0) is 30.2 Å². The Bertz CT molecular complexity index is 1300. The van der Waals surface area contributed by atoms with E-state index in [1.807, 2.05) is 36.2 Å². The van der Waals surface area contributed by atoms with Gasteiger partial charge in [-0.2, -0.15) is 0 Å². The zero-order valence-electron chi connectivity index (χ0n) is 18.5. The summed E-state index contributed by atoms with van der Waals surface area (Å²) in [5.74, 6) is 2.31. The molecular formula is C25H24FN5OS. The number of hydrogen-bond donors (Lipinski definition) is 1. The van der Waals surface area contributed by atoms with E-state index in [1.165, 1.54) is 18.0 Å². The van der Waals surface area contributed by atoms with Crippen LogP contribution < -0.4 is 10.1 Å². The van der Waals surface area contributed by atoms with E-state index in [9.17, 15) is 4.39 Å². The summed E-state index contributed by atoms with van der Waals surface area (Å²) in [6.45, 7) is 5.15. The van der Waals surface area contributed by atoms with E-state index in [0.29, 0.717) is 46.2 Å². The van der Waals surface area contributed by atoms with E-state index in [2.05, 4.69) is 45.2 Å². The number of hydrogen-bond acceptors (Lipinski definition) is 7. The van der Waals surface area contributed by atoms with Gasteiger partial charge in [0.1, 0.15) is 29.2 Å². The van der Waals surface area contributed by atoms with Gasteiger partial charge >= 0.3 is 0 Å². The molecule has 1 aliphatic rings. The number of ether oxygens (including phenoxy) is 1. The Morgan fingerprint density at radius 3 is 2.91 bits per heavy atom. The third-order valence-electron chi connectivity index (χ3n) is 6.01. The summed E-state index contributed by atoms with van der Waals surface area (Å²) in [7, 11) is 0. The maximum atomic E-state index is 14.5. The lowest BCUT2D eigenvalue weighted by Crippen LogP contribution is -2.13. The molecule has 3 aromatic heterocycles. The van der Waals surface area contributed by atoms with Gasteiger partial charge in [0.05, 0.1) is 23.9 Å². The maximum Gasteiger partial charge on any atom is 0.150 e. The van der Waals surface area contributed by atoms with Gasteiger partial charge in [-0.25, -0.2) is 14.4 Å². The molecule has 0 saturated heterocycles. The van der Waals surface area contributed by atoms with Crippen LogP contribution in [0.5, 0.6) is 5.75 Å². The van der Waals surface area contributed by atoms with Crippen molar-refractivity contribution in [2.75, 3.05) is 17.8 Å². The van der Waals surface area contributed by atoms with Crippen molar-refractivity contribution in [1.82, 2.24) is 19.9 Å². The van der Waals surface area contributed by atoms with Crippen molar-refractivity contribution in [3.63, 3.8) is 0 Å². The summed E-state index contributed by atoms with van der Waals surface area (Å²) in [5.41, 5.74) is 3.99. The fourth-order valence-corrected chi connectivity index (χ4v) is 4.94. The Morgan fingerprint density at radius 2 is 2.00 bits per heavy atom. The second kappa shape index (κ2) is 9.31. The lowest BCUT2D eigenvalue weighted by Gasteiger charge is -2.22. The van der Waals surface area contributed by atoms with Gasteiger partial charge < -0.3 is 10.1 Å². The third kappa shape index (κ3) is 4.48. The summed E-state index contributed by atoms with van der Waals surface area (Å²) in [6.07, 6.45) is 5.85. The molecule has 4 aromatic rings. The molecule has 0 spiro atoms. The van der Waals surface area contributed by atoms with Crippen molar-refractivity contribution in [3.8, 4) is 17.0 Å². The number of pyridine rings is 2. The Morgan fingerprint density at radius 1 is 1.09 bits per heavy atom. The summed E-state index contributed by atoms with van der Waals surface area (Å²) >= 11 is 1.81. The summed E-state index contributed by atoms with van der Waals surface area (Å²) in [6, 6.07) is 10.9. The molecule has 1 aliphatic heterocycles.